The van der Waals surface area contributed by atoms with E-state index in [9.17, 15) is 9.59 Å². The zero-order valence-corrected chi connectivity index (χ0v) is 19.6. The van der Waals surface area contributed by atoms with Crippen molar-refractivity contribution in [2.24, 2.45) is 0 Å². The fourth-order valence-corrected chi connectivity index (χ4v) is 5.14. The van der Waals surface area contributed by atoms with Gasteiger partial charge in [-0.2, -0.15) is 0 Å². The lowest BCUT2D eigenvalue weighted by molar-refractivity contribution is -0.123. The number of fused-ring (bicyclic) bond motifs is 1. The summed E-state index contributed by atoms with van der Waals surface area (Å²) in [7, 11) is 0. The van der Waals surface area contributed by atoms with E-state index < -0.39 is 0 Å². The van der Waals surface area contributed by atoms with E-state index in [1.54, 1.807) is 35.6 Å². The first-order valence-electron chi connectivity index (χ1n) is 10.7. The summed E-state index contributed by atoms with van der Waals surface area (Å²) in [6.45, 7) is 3.39. The molecule has 33 heavy (non-hydrogen) atoms. The Hall–Kier alpha value is -2.95. The van der Waals surface area contributed by atoms with Crippen molar-refractivity contribution in [1.29, 1.82) is 0 Å². The van der Waals surface area contributed by atoms with E-state index in [0.29, 0.717) is 51.7 Å². The fourth-order valence-electron chi connectivity index (χ4n) is 3.89. The second-order valence-corrected chi connectivity index (χ2v) is 9.65. The molecule has 0 bridgehead atoms. The lowest BCUT2D eigenvalue weighted by Gasteiger charge is -2.18. The molecule has 0 saturated carbocycles. The summed E-state index contributed by atoms with van der Waals surface area (Å²) >= 11 is 6.65. The number of aromatic nitrogens is 2. The fraction of sp³-hybridized carbons (Fsp3) is 0.304. The Morgan fingerprint density at radius 1 is 1.33 bits per heavy atom. The molecule has 2 aliphatic heterocycles. The third-order valence-electron chi connectivity index (χ3n) is 5.57. The minimum absolute atomic E-state index is 0.00620. The second kappa shape index (κ2) is 9.12. The van der Waals surface area contributed by atoms with Crippen molar-refractivity contribution >= 4 is 51.7 Å². The van der Waals surface area contributed by atoms with Crippen LogP contribution in [0.25, 0.3) is 11.7 Å². The zero-order valence-electron chi connectivity index (χ0n) is 17.9. The number of amides is 1. The quantitative estimate of drug-likeness (QED) is 0.421. The standard InChI is InChI=1S/C23H22N4O4S2/c1-14-6-7-19-25-20(24-11-15-4-2-8-30-15)17(21(28)26(19)12-14)10-18-22(29)27(23(32)33-18)13-16-5-3-9-31-16/h2,4,6-8,10,12,16,24H,3,5,9,11,13H2,1H3/b18-10-/t16-/m1/s1. The average Bonchev–Trinajstić information content (AvgIpc) is 3.55. The van der Waals surface area contributed by atoms with Crippen LogP contribution in [0.1, 0.15) is 29.7 Å². The van der Waals surface area contributed by atoms with Crippen molar-refractivity contribution in [3.8, 4) is 0 Å². The molecular weight excluding hydrogens is 460 g/mol. The first-order chi connectivity index (χ1) is 16.0. The molecule has 170 valence electrons. The lowest BCUT2D eigenvalue weighted by atomic mass is 10.2. The molecule has 0 radical (unpaired) electrons. The largest absolute Gasteiger partial charge is 0.467 e. The Morgan fingerprint density at radius 3 is 2.97 bits per heavy atom. The number of hydrogen-bond donors (Lipinski definition) is 1. The van der Waals surface area contributed by atoms with Gasteiger partial charge >= 0.3 is 0 Å². The molecule has 1 amide bonds. The van der Waals surface area contributed by atoms with E-state index in [2.05, 4.69) is 10.3 Å². The molecule has 5 heterocycles. The number of rotatable bonds is 6. The number of furan rings is 1. The monoisotopic (exact) mass is 482 g/mol. The van der Waals surface area contributed by atoms with E-state index >= 15 is 0 Å². The number of aryl methyl sites for hydroxylation is 1. The van der Waals surface area contributed by atoms with Crippen LogP contribution in [0.5, 0.6) is 0 Å². The number of hydrogen-bond acceptors (Lipinski definition) is 8. The van der Waals surface area contributed by atoms with Gasteiger partial charge in [-0.3, -0.25) is 18.9 Å². The number of anilines is 1. The van der Waals surface area contributed by atoms with E-state index in [4.69, 9.17) is 21.4 Å². The van der Waals surface area contributed by atoms with E-state index in [0.717, 1.165) is 18.4 Å². The third-order valence-corrected chi connectivity index (χ3v) is 6.95. The van der Waals surface area contributed by atoms with Crippen molar-refractivity contribution in [3.05, 3.63) is 68.9 Å². The molecule has 0 aliphatic carbocycles. The molecule has 2 fully saturated rings. The normalized spacial score (nSPS) is 19.8. The Kier molecular flexibility index (Phi) is 6.05. The molecule has 3 aromatic heterocycles. The van der Waals surface area contributed by atoms with Gasteiger partial charge in [-0.25, -0.2) is 4.98 Å². The third kappa shape index (κ3) is 4.46. The Labute approximate surface area is 199 Å². The lowest BCUT2D eigenvalue weighted by Crippen LogP contribution is -2.35. The molecule has 10 heteroatoms. The Bertz CT molecular complexity index is 1310. The van der Waals surface area contributed by atoms with Crippen molar-refractivity contribution in [1.82, 2.24) is 14.3 Å². The van der Waals surface area contributed by atoms with Crippen molar-refractivity contribution in [2.45, 2.75) is 32.4 Å². The summed E-state index contributed by atoms with van der Waals surface area (Å²) in [5, 5.41) is 3.18. The van der Waals surface area contributed by atoms with Crippen LogP contribution in [-0.4, -0.2) is 43.8 Å². The molecule has 0 aromatic carbocycles. The minimum atomic E-state index is -0.268. The highest BCUT2D eigenvalue weighted by atomic mass is 32.2. The molecule has 1 atom stereocenters. The maximum absolute atomic E-state index is 13.4. The van der Waals surface area contributed by atoms with Crippen LogP contribution in [0.3, 0.4) is 0 Å². The second-order valence-electron chi connectivity index (χ2n) is 7.97. The van der Waals surface area contributed by atoms with Crippen LogP contribution in [0.4, 0.5) is 5.82 Å². The number of thioether (sulfide) groups is 1. The van der Waals surface area contributed by atoms with Crippen LogP contribution in [0.2, 0.25) is 0 Å². The summed E-state index contributed by atoms with van der Waals surface area (Å²) in [4.78, 5) is 33.2. The van der Waals surface area contributed by atoms with Crippen molar-refractivity contribution in [2.75, 3.05) is 18.5 Å². The van der Waals surface area contributed by atoms with Gasteiger partial charge in [0.2, 0.25) is 0 Å². The SMILES string of the molecule is Cc1ccc2nc(NCc3ccco3)c(/C=C3\SC(=S)N(C[C@H]4CCCO4)C3=O)c(=O)n2c1. The topological polar surface area (TPSA) is 89.1 Å². The van der Waals surface area contributed by atoms with Gasteiger partial charge < -0.3 is 14.5 Å². The van der Waals surface area contributed by atoms with Gasteiger partial charge in [-0.15, -0.1) is 0 Å². The molecule has 1 N–H and O–H groups in total. The Balaban J connectivity index is 1.52. The highest BCUT2D eigenvalue weighted by Crippen LogP contribution is 2.34. The number of ether oxygens (including phenoxy) is 1. The van der Waals surface area contributed by atoms with Crippen LogP contribution < -0.4 is 10.9 Å². The predicted molar refractivity (Wildman–Crippen MR) is 131 cm³/mol. The molecular formula is C23H22N4O4S2. The molecule has 5 rings (SSSR count). The molecule has 0 unspecified atom stereocenters. The number of nitrogens with one attached hydrogen (secondary N) is 1. The van der Waals surface area contributed by atoms with E-state index in [-0.39, 0.29) is 17.6 Å². The number of carbonyl (C=O) groups is 1. The van der Waals surface area contributed by atoms with Crippen LogP contribution in [0, 0.1) is 6.92 Å². The highest BCUT2D eigenvalue weighted by Gasteiger charge is 2.35. The van der Waals surface area contributed by atoms with Crippen LogP contribution in [0.15, 0.2) is 50.8 Å². The number of carbonyl (C=O) groups excluding carboxylic acids is 1. The first-order valence-corrected chi connectivity index (χ1v) is 11.9. The summed E-state index contributed by atoms with van der Waals surface area (Å²) < 4.78 is 13.0. The average molecular weight is 483 g/mol. The van der Waals surface area contributed by atoms with Gasteiger partial charge in [0, 0.05) is 12.8 Å². The minimum Gasteiger partial charge on any atom is -0.467 e. The number of nitrogens with zero attached hydrogens (tertiary/aromatic N) is 3. The zero-order chi connectivity index (χ0) is 22.9. The van der Waals surface area contributed by atoms with Crippen molar-refractivity contribution < 1.29 is 13.9 Å². The van der Waals surface area contributed by atoms with Crippen molar-refractivity contribution in [3.63, 3.8) is 0 Å². The smallest absolute Gasteiger partial charge is 0.267 e. The predicted octanol–water partition coefficient (Wildman–Crippen LogP) is 3.59. The van der Waals surface area contributed by atoms with Gasteiger partial charge in [-0.05, 0) is 49.6 Å². The van der Waals surface area contributed by atoms with Gasteiger partial charge in [0.15, 0.2) is 0 Å². The van der Waals surface area contributed by atoms with Gasteiger partial charge in [0.1, 0.15) is 21.5 Å². The van der Waals surface area contributed by atoms with E-state index in [1.165, 1.54) is 16.2 Å². The maximum Gasteiger partial charge on any atom is 0.267 e. The maximum atomic E-state index is 13.4. The molecule has 0 spiro atoms. The van der Waals surface area contributed by atoms with Gasteiger partial charge in [0.25, 0.3) is 11.5 Å². The first kappa shape index (κ1) is 21.9. The summed E-state index contributed by atoms with van der Waals surface area (Å²) in [5.41, 5.74) is 1.46. The van der Waals surface area contributed by atoms with Crippen LogP contribution in [-0.2, 0) is 16.1 Å². The summed E-state index contributed by atoms with van der Waals surface area (Å²) in [6, 6.07) is 7.32. The summed E-state index contributed by atoms with van der Waals surface area (Å²) in [6.07, 6.45) is 6.80. The number of thiocarbonyl (C=S) groups is 1. The molecule has 2 saturated heterocycles. The number of pyridine rings is 1. The van der Waals surface area contributed by atoms with Gasteiger partial charge in [-0.1, -0.05) is 30.0 Å². The van der Waals surface area contributed by atoms with Crippen LogP contribution >= 0.6 is 24.0 Å². The van der Waals surface area contributed by atoms with E-state index in [1.807, 2.05) is 19.1 Å². The molecule has 3 aromatic rings. The Morgan fingerprint density at radius 2 is 2.21 bits per heavy atom. The highest BCUT2D eigenvalue weighted by molar-refractivity contribution is 8.26. The molecule has 8 nitrogen and oxygen atoms in total. The summed E-state index contributed by atoms with van der Waals surface area (Å²) in [5.74, 6) is 0.866. The molecule has 2 aliphatic rings. The van der Waals surface area contributed by atoms with Gasteiger partial charge in [0.05, 0.1) is 35.9 Å².